The standard InChI is InChI=1S/C20H20N4/c1-13-11-20(17-7-5-6-8-18(17)21-13)23(3)15-9-10-16-14(2)24(4)22-19(16)12-15/h5-12H,1-4H3. The molecule has 0 radical (unpaired) electrons. The van der Waals surface area contributed by atoms with Crippen molar-refractivity contribution in [3.63, 3.8) is 0 Å². The van der Waals surface area contributed by atoms with Gasteiger partial charge in [-0.2, -0.15) is 5.10 Å². The Bertz CT molecular complexity index is 1060. The van der Waals surface area contributed by atoms with Crippen LogP contribution in [0.15, 0.2) is 48.5 Å². The minimum absolute atomic E-state index is 1.02. The fraction of sp³-hybridized carbons (Fsp3) is 0.200. The van der Waals surface area contributed by atoms with E-state index in [4.69, 9.17) is 0 Å². The minimum Gasteiger partial charge on any atom is -0.344 e. The molecule has 0 aliphatic carbocycles. The molecule has 4 nitrogen and oxygen atoms in total. The van der Waals surface area contributed by atoms with Crippen LogP contribution in [0, 0.1) is 13.8 Å². The summed E-state index contributed by atoms with van der Waals surface area (Å²) in [7, 11) is 4.08. The summed E-state index contributed by atoms with van der Waals surface area (Å²) in [4.78, 5) is 6.84. The number of rotatable bonds is 2. The predicted molar refractivity (Wildman–Crippen MR) is 100.0 cm³/mol. The highest BCUT2D eigenvalue weighted by Gasteiger charge is 2.12. The Kier molecular flexibility index (Phi) is 3.27. The van der Waals surface area contributed by atoms with Gasteiger partial charge in [-0.25, -0.2) is 0 Å². The minimum atomic E-state index is 1.02. The Morgan fingerprint density at radius 3 is 2.54 bits per heavy atom. The lowest BCUT2D eigenvalue weighted by atomic mass is 10.1. The molecule has 0 fully saturated rings. The van der Waals surface area contributed by atoms with Crippen molar-refractivity contribution in [3.05, 3.63) is 59.9 Å². The molecule has 0 spiro atoms. The zero-order valence-electron chi connectivity index (χ0n) is 14.4. The van der Waals surface area contributed by atoms with E-state index in [9.17, 15) is 0 Å². The van der Waals surface area contributed by atoms with E-state index < -0.39 is 0 Å². The lowest BCUT2D eigenvalue weighted by Gasteiger charge is -2.22. The van der Waals surface area contributed by atoms with E-state index in [0.717, 1.165) is 33.5 Å². The molecule has 2 aromatic heterocycles. The molecule has 0 atom stereocenters. The Hall–Kier alpha value is -2.88. The molecule has 0 saturated carbocycles. The molecule has 2 heterocycles. The first-order valence-corrected chi connectivity index (χ1v) is 8.08. The zero-order valence-corrected chi connectivity index (χ0v) is 14.4. The molecule has 0 saturated heterocycles. The average Bonchev–Trinajstić information content (AvgIpc) is 2.87. The van der Waals surface area contributed by atoms with Crippen molar-refractivity contribution in [1.82, 2.24) is 14.8 Å². The molecular formula is C20H20N4. The number of aryl methyl sites for hydroxylation is 3. The van der Waals surface area contributed by atoms with E-state index in [1.165, 1.54) is 11.1 Å². The zero-order chi connectivity index (χ0) is 16.8. The third-order valence-corrected chi connectivity index (χ3v) is 4.69. The highest BCUT2D eigenvalue weighted by molar-refractivity contribution is 5.95. The second-order valence-electron chi connectivity index (χ2n) is 6.27. The van der Waals surface area contributed by atoms with E-state index >= 15 is 0 Å². The molecular weight excluding hydrogens is 296 g/mol. The van der Waals surface area contributed by atoms with Crippen LogP contribution < -0.4 is 4.90 Å². The summed E-state index contributed by atoms with van der Waals surface area (Å²) in [5.74, 6) is 0. The lowest BCUT2D eigenvalue weighted by Crippen LogP contribution is -2.10. The smallest absolute Gasteiger partial charge is 0.0946 e. The topological polar surface area (TPSA) is 34.0 Å². The fourth-order valence-electron chi connectivity index (χ4n) is 3.23. The summed E-state index contributed by atoms with van der Waals surface area (Å²) in [6.45, 7) is 4.13. The van der Waals surface area contributed by atoms with Gasteiger partial charge < -0.3 is 4.90 Å². The maximum absolute atomic E-state index is 4.63. The maximum atomic E-state index is 4.63. The molecule has 0 aliphatic rings. The van der Waals surface area contributed by atoms with Crippen molar-refractivity contribution in [2.75, 3.05) is 11.9 Å². The number of anilines is 2. The van der Waals surface area contributed by atoms with Crippen molar-refractivity contribution < 1.29 is 0 Å². The molecule has 2 aromatic carbocycles. The number of aromatic nitrogens is 3. The first-order valence-electron chi connectivity index (χ1n) is 8.08. The third-order valence-electron chi connectivity index (χ3n) is 4.69. The molecule has 4 aromatic rings. The van der Waals surface area contributed by atoms with E-state index in [1.54, 1.807) is 0 Å². The molecule has 0 N–H and O–H groups in total. The van der Waals surface area contributed by atoms with Crippen LogP contribution in [0.4, 0.5) is 11.4 Å². The SMILES string of the molecule is Cc1cc(N(C)c2ccc3c(C)n(C)nc3c2)c2ccccc2n1. The molecule has 0 amide bonds. The van der Waals surface area contributed by atoms with Gasteiger partial charge in [0.05, 0.1) is 16.7 Å². The van der Waals surface area contributed by atoms with Gasteiger partial charge in [0.2, 0.25) is 0 Å². The highest BCUT2D eigenvalue weighted by atomic mass is 15.3. The van der Waals surface area contributed by atoms with E-state index in [2.05, 4.69) is 71.4 Å². The molecule has 0 aliphatic heterocycles. The van der Waals surface area contributed by atoms with Crippen LogP contribution in [-0.4, -0.2) is 21.8 Å². The quantitative estimate of drug-likeness (QED) is 0.546. The van der Waals surface area contributed by atoms with Crippen LogP contribution in [0.25, 0.3) is 21.8 Å². The van der Waals surface area contributed by atoms with Crippen molar-refractivity contribution in [3.8, 4) is 0 Å². The van der Waals surface area contributed by atoms with Gasteiger partial charge in [0.15, 0.2) is 0 Å². The number of hydrogen-bond donors (Lipinski definition) is 0. The van der Waals surface area contributed by atoms with Gasteiger partial charge in [-0.15, -0.1) is 0 Å². The van der Waals surface area contributed by atoms with Gasteiger partial charge in [-0.1, -0.05) is 18.2 Å². The van der Waals surface area contributed by atoms with E-state index in [0.29, 0.717) is 0 Å². The van der Waals surface area contributed by atoms with Crippen molar-refractivity contribution in [2.24, 2.45) is 7.05 Å². The summed E-state index contributed by atoms with van der Waals surface area (Å²) < 4.78 is 1.93. The molecule has 4 rings (SSSR count). The van der Waals surface area contributed by atoms with Gasteiger partial charge in [0, 0.05) is 41.9 Å². The average molecular weight is 316 g/mol. The van der Waals surface area contributed by atoms with Gasteiger partial charge in [-0.3, -0.25) is 9.67 Å². The summed E-state index contributed by atoms with van der Waals surface area (Å²) in [6.07, 6.45) is 0. The van der Waals surface area contributed by atoms with Crippen LogP contribution >= 0.6 is 0 Å². The number of para-hydroxylation sites is 1. The van der Waals surface area contributed by atoms with Crippen LogP contribution in [-0.2, 0) is 7.05 Å². The van der Waals surface area contributed by atoms with Crippen LogP contribution in [0.3, 0.4) is 0 Å². The summed E-state index contributed by atoms with van der Waals surface area (Å²) in [5, 5.41) is 6.96. The Balaban J connectivity index is 1.88. The Morgan fingerprint density at radius 2 is 1.71 bits per heavy atom. The fourth-order valence-corrected chi connectivity index (χ4v) is 3.23. The number of nitrogens with zero attached hydrogens (tertiary/aromatic N) is 4. The predicted octanol–water partition coefficient (Wildman–Crippen LogP) is 4.51. The van der Waals surface area contributed by atoms with Crippen LogP contribution in [0.2, 0.25) is 0 Å². The Labute approximate surface area is 141 Å². The summed E-state index contributed by atoms with van der Waals surface area (Å²) >= 11 is 0. The van der Waals surface area contributed by atoms with Gasteiger partial charge in [-0.05, 0) is 44.2 Å². The number of fused-ring (bicyclic) bond motifs is 2. The monoisotopic (exact) mass is 316 g/mol. The number of hydrogen-bond acceptors (Lipinski definition) is 3. The van der Waals surface area contributed by atoms with Crippen molar-refractivity contribution in [2.45, 2.75) is 13.8 Å². The van der Waals surface area contributed by atoms with Crippen LogP contribution in [0.1, 0.15) is 11.4 Å². The first-order chi connectivity index (χ1) is 11.5. The third kappa shape index (κ3) is 2.22. The molecule has 120 valence electrons. The van der Waals surface area contributed by atoms with E-state index in [-0.39, 0.29) is 0 Å². The summed E-state index contributed by atoms with van der Waals surface area (Å²) in [6, 6.07) is 16.9. The number of benzene rings is 2. The van der Waals surface area contributed by atoms with Gasteiger partial charge in [0.1, 0.15) is 0 Å². The van der Waals surface area contributed by atoms with Crippen molar-refractivity contribution in [1.29, 1.82) is 0 Å². The normalized spacial score (nSPS) is 11.3. The molecule has 0 bridgehead atoms. The lowest BCUT2D eigenvalue weighted by molar-refractivity contribution is 0.751. The van der Waals surface area contributed by atoms with Crippen molar-refractivity contribution >= 4 is 33.2 Å². The van der Waals surface area contributed by atoms with Gasteiger partial charge >= 0.3 is 0 Å². The van der Waals surface area contributed by atoms with E-state index in [1.807, 2.05) is 24.7 Å². The Morgan fingerprint density at radius 1 is 0.917 bits per heavy atom. The maximum Gasteiger partial charge on any atom is 0.0946 e. The molecule has 0 unspecified atom stereocenters. The second-order valence-corrected chi connectivity index (χ2v) is 6.27. The highest BCUT2D eigenvalue weighted by Crippen LogP contribution is 2.32. The first kappa shape index (κ1) is 14.7. The second kappa shape index (κ2) is 5.34. The summed E-state index contributed by atoms with van der Waals surface area (Å²) in [5.41, 5.74) is 6.53. The molecule has 24 heavy (non-hydrogen) atoms. The molecule has 4 heteroatoms. The largest absolute Gasteiger partial charge is 0.344 e. The van der Waals surface area contributed by atoms with Gasteiger partial charge in [0.25, 0.3) is 0 Å². The van der Waals surface area contributed by atoms with Crippen LogP contribution in [0.5, 0.6) is 0 Å². The number of pyridine rings is 1.